The maximum absolute atomic E-state index is 11.0. The van der Waals surface area contributed by atoms with Crippen molar-refractivity contribution in [2.45, 2.75) is 6.54 Å². The van der Waals surface area contributed by atoms with Crippen molar-refractivity contribution in [2.75, 3.05) is 0 Å². The van der Waals surface area contributed by atoms with Gasteiger partial charge in [-0.15, -0.1) is 0 Å². The summed E-state index contributed by atoms with van der Waals surface area (Å²) in [6.07, 6.45) is 5.09. The Morgan fingerprint density at radius 2 is 1.86 bits per heavy atom. The van der Waals surface area contributed by atoms with Crippen molar-refractivity contribution in [3.05, 3.63) is 84.6 Å². The first kappa shape index (κ1) is 17.0. The number of hydrogen-bond acceptors (Lipinski definition) is 5. The molecular weight excluding hydrogens is 366 g/mol. The minimum Gasteiger partial charge on any atom is -0.477 e. The molecule has 0 bridgehead atoms. The lowest BCUT2D eigenvalue weighted by molar-refractivity contribution is 0.0690. The van der Waals surface area contributed by atoms with Crippen molar-refractivity contribution in [1.29, 1.82) is 0 Å². The van der Waals surface area contributed by atoms with Crippen LogP contribution in [-0.2, 0) is 6.54 Å². The first-order valence-corrected chi connectivity index (χ1v) is 9.03. The minimum atomic E-state index is -1.05. The first-order valence-electron chi connectivity index (χ1n) is 9.03. The predicted molar refractivity (Wildman–Crippen MR) is 109 cm³/mol. The van der Waals surface area contributed by atoms with Crippen LogP contribution in [0.3, 0.4) is 0 Å². The molecule has 0 amide bonds. The number of carbonyl (C=O) groups is 1. The first-order chi connectivity index (χ1) is 14.2. The van der Waals surface area contributed by atoms with Gasteiger partial charge in [-0.25, -0.2) is 19.7 Å². The van der Waals surface area contributed by atoms with E-state index in [4.69, 9.17) is 10.1 Å². The molecule has 7 heteroatoms. The van der Waals surface area contributed by atoms with Crippen LogP contribution in [0, 0.1) is 0 Å². The molecule has 4 heterocycles. The predicted octanol–water partition coefficient (Wildman–Crippen LogP) is 3.79. The van der Waals surface area contributed by atoms with Gasteiger partial charge in [0.2, 0.25) is 0 Å². The molecule has 0 unspecified atom stereocenters. The molecule has 0 aliphatic carbocycles. The van der Waals surface area contributed by atoms with Crippen LogP contribution in [-0.4, -0.2) is 35.6 Å². The minimum absolute atomic E-state index is 0.00524. The zero-order chi connectivity index (χ0) is 19.8. The van der Waals surface area contributed by atoms with Crippen molar-refractivity contribution in [3.8, 4) is 11.3 Å². The lowest BCUT2D eigenvalue weighted by atomic mass is 10.1. The highest BCUT2D eigenvalue weighted by molar-refractivity contribution is 5.86. The van der Waals surface area contributed by atoms with E-state index in [-0.39, 0.29) is 5.69 Å². The number of carboxylic acids is 1. The summed E-state index contributed by atoms with van der Waals surface area (Å²) in [5.74, 6) is -1.05. The van der Waals surface area contributed by atoms with E-state index in [9.17, 15) is 4.79 Å². The van der Waals surface area contributed by atoms with E-state index < -0.39 is 5.97 Å². The third kappa shape index (κ3) is 3.19. The normalized spacial score (nSPS) is 11.2. The molecule has 0 aliphatic rings. The van der Waals surface area contributed by atoms with E-state index in [1.165, 1.54) is 12.3 Å². The number of aromatic carboxylic acids is 1. The van der Waals surface area contributed by atoms with Crippen LogP contribution in [0.2, 0.25) is 0 Å². The number of benzene rings is 1. The van der Waals surface area contributed by atoms with E-state index >= 15 is 0 Å². The Hall–Kier alpha value is -4.13. The van der Waals surface area contributed by atoms with Gasteiger partial charge in [0.25, 0.3) is 0 Å². The van der Waals surface area contributed by atoms with Crippen molar-refractivity contribution in [2.24, 2.45) is 0 Å². The fourth-order valence-corrected chi connectivity index (χ4v) is 3.31. The zero-order valence-corrected chi connectivity index (χ0v) is 15.2. The molecular formula is C22H15N5O2. The average molecular weight is 381 g/mol. The van der Waals surface area contributed by atoms with Crippen LogP contribution in [0.25, 0.3) is 33.3 Å². The molecule has 5 aromatic rings. The Balaban J connectivity index is 1.51. The summed E-state index contributed by atoms with van der Waals surface area (Å²) in [4.78, 5) is 28.5. The van der Waals surface area contributed by atoms with Crippen LogP contribution < -0.4 is 0 Å². The second-order valence-electron chi connectivity index (χ2n) is 6.68. The highest BCUT2D eigenvalue weighted by Crippen LogP contribution is 2.21. The van der Waals surface area contributed by atoms with Gasteiger partial charge in [0.15, 0.2) is 5.65 Å². The van der Waals surface area contributed by atoms with Crippen molar-refractivity contribution in [1.82, 2.24) is 24.5 Å². The molecule has 1 aromatic carbocycles. The number of hydrogen-bond donors (Lipinski definition) is 1. The summed E-state index contributed by atoms with van der Waals surface area (Å²) in [5.41, 5.74) is 5.12. The smallest absolute Gasteiger partial charge is 0.354 e. The topological polar surface area (TPSA) is 93.8 Å². The fourth-order valence-electron chi connectivity index (χ4n) is 3.31. The Labute approximate surface area is 165 Å². The summed E-state index contributed by atoms with van der Waals surface area (Å²) in [5, 5.41) is 10.1. The van der Waals surface area contributed by atoms with Crippen LogP contribution >= 0.6 is 0 Å². The summed E-state index contributed by atoms with van der Waals surface area (Å²) in [6.45, 7) is 0.633. The van der Waals surface area contributed by atoms with Gasteiger partial charge in [0, 0.05) is 23.3 Å². The molecule has 5 rings (SSSR count). The molecule has 0 aliphatic heterocycles. The molecule has 0 atom stereocenters. The number of rotatable bonds is 4. The Bertz CT molecular complexity index is 1360. The third-order valence-corrected chi connectivity index (χ3v) is 4.76. The summed E-state index contributed by atoms with van der Waals surface area (Å²) in [7, 11) is 0. The number of fused-ring (bicyclic) bond motifs is 2. The van der Waals surface area contributed by atoms with E-state index in [2.05, 4.69) is 27.1 Å². The van der Waals surface area contributed by atoms with Gasteiger partial charge in [-0.3, -0.25) is 4.98 Å². The molecule has 7 nitrogen and oxygen atoms in total. The summed E-state index contributed by atoms with van der Waals surface area (Å²) in [6, 6.07) is 17.1. The summed E-state index contributed by atoms with van der Waals surface area (Å²) >= 11 is 0. The number of pyridine rings is 3. The second-order valence-corrected chi connectivity index (χ2v) is 6.68. The van der Waals surface area contributed by atoms with Crippen LogP contribution in [0.1, 0.15) is 16.1 Å². The number of imidazole rings is 1. The lowest BCUT2D eigenvalue weighted by Gasteiger charge is -2.07. The molecule has 1 N–H and O–H groups in total. The average Bonchev–Trinajstić information content (AvgIpc) is 3.15. The Morgan fingerprint density at radius 1 is 0.966 bits per heavy atom. The molecule has 0 radical (unpaired) electrons. The molecule has 4 aromatic heterocycles. The molecule has 0 saturated carbocycles. The Kier molecular flexibility index (Phi) is 3.98. The van der Waals surface area contributed by atoms with Crippen LogP contribution in [0.4, 0.5) is 0 Å². The van der Waals surface area contributed by atoms with E-state index in [1.807, 2.05) is 34.9 Å². The highest BCUT2D eigenvalue weighted by Gasteiger charge is 2.10. The molecule has 29 heavy (non-hydrogen) atoms. The monoisotopic (exact) mass is 381 g/mol. The van der Waals surface area contributed by atoms with Gasteiger partial charge in [-0.05, 0) is 48.0 Å². The SMILES string of the molecule is O=C(O)c1ccc(-c2ccc3ncn(Cc4ccc5ncccc5c4)c3n2)cn1. The summed E-state index contributed by atoms with van der Waals surface area (Å²) < 4.78 is 2.00. The van der Waals surface area contributed by atoms with E-state index in [0.717, 1.165) is 33.2 Å². The van der Waals surface area contributed by atoms with E-state index in [0.29, 0.717) is 12.2 Å². The Morgan fingerprint density at radius 3 is 2.69 bits per heavy atom. The number of nitrogens with zero attached hydrogens (tertiary/aromatic N) is 5. The van der Waals surface area contributed by atoms with Gasteiger partial charge in [-0.1, -0.05) is 12.1 Å². The molecule has 0 fully saturated rings. The highest BCUT2D eigenvalue weighted by atomic mass is 16.4. The number of aromatic nitrogens is 5. The maximum atomic E-state index is 11.0. The fraction of sp³-hybridized carbons (Fsp3) is 0.0455. The largest absolute Gasteiger partial charge is 0.477 e. The van der Waals surface area contributed by atoms with Crippen molar-refractivity contribution in [3.63, 3.8) is 0 Å². The van der Waals surface area contributed by atoms with Gasteiger partial charge in [0.05, 0.1) is 24.1 Å². The van der Waals surface area contributed by atoms with Crippen LogP contribution in [0.5, 0.6) is 0 Å². The quantitative estimate of drug-likeness (QED) is 0.509. The zero-order valence-electron chi connectivity index (χ0n) is 15.2. The van der Waals surface area contributed by atoms with Crippen LogP contribution in [0.15, 0.2) is 73.3 Å². The van der Waals surface area contributed by atoms with Crippen molar-refractivity contribution >= 4 is 28.0 Å². The maximum Gasteiger partial charge on any atom is 0.354 e. The molecule has 0 saturated heterocycles. The molecule has 140 valence electrons. The lowest BCUT2D eigenvalue weighted by Crippen LogP contribution is -2.01. The molecule has 0 spiro atoms. The van der Waals surface area contributed by atoms with Gasteiger partial charge >= 0.3 is 5.97 Å². The second kappa shape index (κ2) is 6.79. The number of carboxylic acid groups (broad SMARTS) is 1. The third-order valence-electron chi connectivity index (χ3n) is 4.76. The van der Waals surface area contributed by atoms with Gasteiger partial charge < -0.3 is 9.67 Å². The van der Waals surface area contributed by atoms with E-state index in [1.54, 1.807) is 18.6 Å². The van der Waals surface area contributed by atoms with Gasteiger partial charge in [-0.2, -0.15) is 0 Å². The standard InChI is InChI=1S/C22H15N5O2/c28-22(29)20-6-4-16(11-24-20)18-7-8-19-21(26-18)27(13-25-19)12-14-3-5-17-15(10-14)2-1-9-23-17/h1-11,13H,12H2,(H,28,29). The van der Waals surface area contributed by atoms with Gasteiger partial charge in [0.1, 0.15) is 11.2 Å². The van der Waals surface area contributed by atoms with Crippen molar-refractivity contribution < 1.29 is 9.90 Å².